The number of aliphatic hydroxyl groups excluding tert-OH is 1. The topological polar surface area (TPSA) is 53.0 Å². The van der Waals surface area contributed by atoms with Crippen molar-refractivity contribution < 1.29 is 14.6 Å². The van der Waals surface area contributed by atoms with Crippen LogP contribution in [0.1, 0.15) is 26.9 Å². The van der Waals surface area contributed by atoms with E-state index in [-0.39, 0.29) is 18.6 Å². The van der Waals surface area contributed by atoms with Crippen LogP contribution in [-0.2, 0) is 11.2 Å². The second-order valence-corrected chi connectivity index (χ2v) is 8.74. The molecule has 30 heavy (non-hydrogen) atoms. The van der Waals surface area contributed by atoms with Gasteiger partial charge < -0.3 is 14.7 Å². The lowest BCUT2D eigenvalue weighted by Gasteiger charge is -2.33. The summed E-state index contributed by atoms with van der Waals surface area (Å²) in [5.74, 6) is -0.0507. The van der Waals surface area contributed by atoms with Crippen LogP contribution in [0.15, 0.2) is 54.6 Å². The summed E-state index contributed by atoms with van der Waals surface area (Å²) in [6, 6.07) is 18.7. The van der Waals surface area contributed by atoms with Crippen LogP contribution < -0.4 is 0 Å². The van der Waals surface area contributed by atoms with Crippen molar-refractivity contribution in [1.82, 2.24) is 9.80 Å². The van der Waals surface area contributed by atoms with Crippen molar-refractivity contribution in [3.05, 3.63) is 70.6 Å². The van der Waals surface area contributed by atoms with E-state index in [1.54, 1.807) is 11.9 Å². The van der Waals surface area contributed by atoms with Gasteiger partial charge in [-0.2, -0.15) is 0 Å². The van der Waals surface area contributed by atoms with Crippen LogP contribution in [0.3, 0.4) is 0 Å². The Balaban J connectivity index is 1.58. The molecule has 2 aromatic carbocycles. The first-order chi connectivity index (χ1) is 14.7. The van der Waals surface area contributed by atoms with E-state index in [0.717, 1.165) is 46.6 Å². The fourth-order valence-corrected chi connectivity index (χ4v) is 5.23. The Morgan fingerprint density at radius 1 is 1.20 bits per heavy atom. The van der Waals surface area contributed by atoms with Crippen LogP contribution in [-0.4, -0.2) is 67.3 Å². The Labute approximate surface area is 181 Å². The number of rotatable bonds is 7. The average Bonchev–Trinajstić information content (AvgIpc) is 3.18. The molecule has 0 saturated carbocycles. The van der Waals surface area contributed by atoms with Gasteiger partial charge in [0.1, 0.15) is 0 Å². The highest BCUT2D eigenvalue weighted by molar-refractivity contribution is 7.21. The lowest BCUT2D eigenvalue weighted by Crippen LogP contribution is -2.40. The van der Waals surface area contributed by atoms with Gasteiger partial charge in [-0.05, 0) is 23.4 Å². The molecule has 2 heterocycles. The summed E-state index contributed by atoms with van der Waals surface area (Å²) in [5.41, 5.74) is 2.33. The van der Waals surface area contributed by atoms with Crippen molar-refractivity contribution in [2.24, 2.45) is 0 Å². The molecule has 1 aliphatic rings. The van der Waals surface area contributed by atoms with Gasteiger partial charge in [0.2, 0.25) is 0 Å². The van der Waals surface area contributed by atoms with E-state index in [9.17, 15) is 9.90 Å². The number of carbonyl (C=O) groups is 1. The zero-order chi connectivity index (χ0) is 20.9. The molecular formula is C24H28N2O3S. The number of fused-ring (bicyclic) bond motifs is 1. The van der Waals surface area contributed by atoms with Gasteiger partial charge in [-0.1, -0.05) is 48.5 Å². The third kappa shape index (κ3) is 4.57. The highest BCUT2D eigenvalue weighted by Crippen LogP contribution is 2.38. The minimum Gasteiger partial charge on any atom is -0.395 e. The fraction of sp³-hybridized carbons (Fsp3) is 0.375. The SMILES string of the molecule is CN(CCO)C(=O)c1sc2ccccc2c1[C@@H]1CN(CCc2ccccc2)CCO1. The van der Waals surface area contributed by atoms with Gasteiger partial charge in [0, 0.05) is 43.5 Å². The first-order valence-corrected chi connectivity index (χ1v) is 11.2. The van der Waals surface area contributed by atoms with E-state index < -0.39 is 0 Å². The number of benzene rings is 2. The van der Waals surface area contributed by atoms with Gasteiger partial charge in [-0.25, -0.2) is 0 Å². The number of hydrogen-bond acceptors (Lipinski definition) is 5. The largest absolute Gasteiger partial charge is 0.395 e. The predicted molar refractivity (Wildman–Crippen MR) is 121 cm³/mol. The Kier molecular flexibility index (Phi) is 6.79. The normalized spacial score (nSPS) is 17.3. The van der Waals surface area contributed by atoms with Gasteiger partial charge in [0.15, 0.2) is 0 Å². The van der Waals surface area contributed by atoms with E-state index in [1.165, 1.54) is 16.9 Å². The first kappa shape index (κ1) is 21.0. The van der Waals surface area contributed by atoms with Crippen LogP contribution in [0.2, 0.25) is 0 Å². The Hall–Kier alpha value is -2.25. The number of nitrogens with zero attached hydrogens (tertiary/aromatic N) is 2. The van der Waals surface area contributed by atoms with Gasteiger partial charge in [-0.15, -0.1) is 11.3 Å². The van der Waals surface area contributed by atoms with Crippen molar-refractivity contribution in [3.8, 4) is 0 Å². The Morgan fingerprint density at radius 3 is 2.77 bits per heavy atom. The monoisotopic (exact) mass is 424 g/mol. The molecule has 1 fully saturated rings. The molecule has 3 aromatic rings. The molecule has 1 aromatic heterocycles. The summed E-state index contributed by atoms with van der Waals surface area (Å²) in [4.78, 5) is 17.9. The van der Waals surface area contributed by atoms with Crippen LogP contribution in [0.4, 0.5) is 0 Å². The predicted octanol–water partition coefficient (Wildman–Crippen LogP) is 3.58. The van der Waals surface area contributed by atoms with Crippen molar-refractivity contribution >= 4 is 27.3 Å². The third-order valence-electron chi connectivity index (χ3n) is 5.64. The second-order valence-electron chi connectivity index (χ2n) is 7.69. The van der Waals surface area contributed by atoms with E-state index in [4.69, 9.17) is 4.74 Å². The lowest BCUT2D eigenvalue weighted by molar-refractivity contribution is -0.0290. The summed E-state index contributed by atoms with van der Waals surface area (Å²) in [6.07, 6.45) is 0.871. The molecular weight excluding hydrogens is 396 g/mol. The molecule has 1 N–H and O–H groups in total. The minimum absolute atomic E-state index is 0.0460. The number of aliphatic hydroxyl groups is 1. The quantitative estimate of drug-likeness (QED) is 0.630. The van der Waals surface area contributed by atoms with E-state index >= 15 is 0 Å². The zero-order valence-corrected chi connectivity index (χ0v) is 18.1. The summed E-state index contributed by atoms with van der Waals surface area (Å²) in [7, 11) is 1.74. The molecule has 1 aliphatic heterocycles. The molecule has 4 rings (SSSR count). The van der Waals surface area contributed by atoms with Gasteiger partial charge in [-0.3, -0.25) is 9.69 Å². The van der Waals surface area contributed by atoms with Crippen LogP contribution in [0.25, 0.3) is 10.1 Å². The second kappa shape index (κ2) is 9.71. The molecule has 0 spiro atoms. The molecule has 0 aliphatic carbocycles. The van der Waals surface area contributed by atoms with Crippen molar-refractivity contribution in [2.75, 3.05) is 46.4 Å². The molecule has 1 amide bonds. The Bertz CT molecular complexity index is 989. The van der Waals surface area contributed by atoms with Gasteiger partial charge in [0.25, 0.3) is 5.91 Å². The standard InChI is InChI=1S/C24H28N2O3S/c1-25(13-15-27)24(28)23-22(19-9-5-6-10-21(19)30-23)20-17-26(14-16-29-20)12-11-18-7-3-2-4-8-18/h2-10,20,27H,11-17H2,1H3/t20-/m0/s1. The molecule has 0 unspecified atom stereocenters. The van der Waals surface area contributed by atoms with Gasteiger partial charge >= 0.3 is 0 Å². The zero-order valence-electron chi connectivity index (χ0n) is 17.3. The summed E-state index contributed by atoms with van der Waals surface area (Å²) in [6.45, 7) is 3.58. The Morgan fingerprint density at radius 2 is 1.97 bits per heavy atom. The number of amides is 1. The van der Waals surface area contributed by atoms with Crippen LogP contribution in [0.5, 0.6) is 0 Å². The highest BCUT2D eigenvalue weighted by Gasteiger charge is 2.30. The van der Waals surface area contributed by atoms with Crippen LogP contribution in [0, 0.1) is 0 Å². The first-order valence-electron chi connectivity index (χ1n) is 10.4. The van der Waals surface area contributed by atoms with E-state index in [0.29, 0.717) is 13.2 Å². The fourth-order valence-electron chi connectivity index (χ4n) is 3.98. The number of likely N-dealkylation sites (N-methyl/N-ethyl adjacent to an activating group) is 1. The molecule has 0 radical (unpaired) electrons. The average molecular weight is 425 g/mol. The molecule has 1 saturated heterocycles. The maximum Gasteiger partial charge on any atom is 0.264 e. The molecule has 5 nitrogen and oxygen atoms in total. The van der Waals surface area contributed by atoms with Gasteiger partial charge in [0.05, 0.1) is 24.2 Å². The molecule has 0 bridgehead atoms. The maximum absolute atomic E-state index is 13.1. The summed E-state index contributed by atoms with van der Waals surface area (Å²) >= 11 is 1.52. The number of thiophene rings is 1. The lowest BCUT2D eigenvalue weighted by atomic mass is 10.0. The number of carbonyl (C=O) groups excluding carboxylic acids is 1. The molecule has 1 atom stereocenters. The number of morpholine rings is 1. The van der Waals surface area contributed by atoms with Crippen molar-refractivity contribution in [1.29, 1.82) is 0 Å². The van der Waals surface area contributed by atoms with E-state index in [2.05, 4.69) is 41.3 Å². The maximum atomic E-state index is 13.1. The molecule has 6 heteroatoms. The summed E-state index contributed by atoms with van der Waals surface area (Å²) in [5, 5.41) is 10.4. The number of ether oxygens (including phenoxy) is 1. The van der Waals surface area contributed by atoms with Crippen molar-refractivity contribution in [2.45, 2.75) is 12.5 Å². The highest BCUT2D eigenvalue weighted by atomic mass is 32.1. The van der Waals surface area contributed by atoms with Crippen molar-refractivity contribution in [3.63, 3.8) is 0 Å². The van der Waals surface area contributed by atoms with Crippen LogP contribution >= 0.6 is 11.3 Å². The third-order valence-corrected chi connectivity index (χ3v) is 6.82. The smallest absolute Gasteiger partial charge is 0.264 e. The number of hydrogen-bond donors (Lipinski definition) is 1. The van der Waals surface area contributed by atoms with E-state index in [1.807, 2.05) is 18.2 Å². The minimum atomic E-state index is -0.132. The molecule has 158 valence electrons. The summed E-state index contributed by atoms with van der Waals surface area (Å²) < 4.78 is 7.28.